The van der Waals surface area contributed by atoms with Crippen LogP contribution in [0.5, 0.6) is 0 Å². The van der Waals surface area contributed by atoms with Crippen LogP contribution in [0.3, 0.4) is 0 Å². The Morgan fingerprint density at radius 1 is 1.14 bits per heavy atom. The number of hydrogen-bond acceptors (Lipinski definition) is 3. The van der Waals surface area contributed by atoms with Gasteiger partial charge in [-0.05, 0) is 48.9 Å². The summed E-state index contributed by atoms with van der Waals surface area (Å²) in [6.07, 6.45) is 1.75. The lowest BCUT2D eigenvalue weighted by atomic mass is 10.1. The lowest BCUT2D eigenvalue weighted by molar-refractivity contribution is 0.102. The number of benzene rings is 2. The lowest BCUT2D eigenvalue weighted by Crippen LogP contribution is -2.13. The van der Waals surface area contributed by atoms with Crippen molar-refractivity contribution in [3.8, 4) is 0 Å². The molecule has 4 heteroatoms. The molecule has 0 fully saturated rings. The molecule has 1 heterocycles. The van der Waals surface area contributed by atoms with Crippen LogP contribution in [0.4, 0.5) is 11.4 Å². The molecule has 0 aliphatic heterocycles. The molecule has 0 saturated heterocycles. The number of nitrogen functional groups attached to an aromatic ring is 1. The molecule has 0 unspecified atom stereocenters. The van der Waals surface area contributed by atoms with Gasteiger partial charge in [-0.3, -0.25) is 9.78 Å². The fourth-order valence-electron chi connectivity index (χ4n) is 2.24. The third-order valence-corrected chi connectivity index (χ3v) is 3.37. The van der Waals surface area contributed by atoms with E-state index < -0.39 is 0 Å². The van der Waals surface area contributed by atoms with Crippen LogP contribution in [-0.2, 0) is 0 Å². The number of aryl methyl sites for hydroxylation is 1. The number of hydrogen-bond donors (Lipinski definition) is 2. The maximum atomic E-state index is 12.3. The molecule has 0 spiro atoms. The van der Waals surface area contributed by atoms with E-state index in [4.69, 9.17) is 5.73 Å². The molecule has 0 aliphatic rings. The van der Waals surface area contributed by atoms with Crippen molar-refractivity contribution in [2.75, 3.05) is 11.1 Å². The number of rotatable bonds is 2. The van der Waals surface area contributed by atoms with E-state index in [-0.39, 0.29) is 5.91 Å². The molecular weight excluding hydrogens is 262 g/mol. The van der Waals surface area contributed by atoms with Gasteiger partial charge in [0.25, 0.3) is 5.91 Å². The fourth-order valence-corrected chi connectivity index (χ4v) is 2.24. The van der Waals surface area contributed by atoms with Crippen LogP contribution >= 0.6 is 0 Å². The highest BCUT2D eigenvalue weighted by Gasteiger charge is 2.10. The topological polar surface area (TPSA) is 68.0 Å². The van der Waals surface area contributed by atoms with E-state index in [9.17, 15) is 4.79 Å². The number of carbonyl (C=O) groups is 1. The van der Waals surface area contributed by atoms with Gasteiger partial charge < -0.3 is 11.1 Å². The van der Waals surface area contributed by atoms with Crippen molar-refractivity contribution in [1.29, 1.82) is 0 Å². The summed E-state index contributed by atoms with van der Waals surface area (Å²) in [5, 5.41) is 3.88. The first-order chi connectivity index (χ1) is 10.1. The molecule has 1 amide bonds. The second-order valence-corrected chi connectivity index (χ2v) is 4.94. The second-order valence-electron chi connectivity index (χ2n) is 4.94. The number of nitrogens with one attached hydrogen (secondary N) is 1. The van der Waals surface area contributed by atoms with Crippen molar-refractivity contribution in [3.05, 3.63) is 65.9 Å². The summed E-state index contributed by atoms with van der Waals surface area (Å²) in [5.74, 6) is -0.164. The van der Waals surface area contributed by atoms with Crippen LogP contribution in [-0.4, -0.2) is 10.9 Å². The number of aromatic nitrogens is 1. The molecular formula is C17H15N3O. The summed E-state index contributed by atoms with van der Waals surface area (Å²) in [6.45, 7) is 1.89. The smallest absolute Gasteiger partial charge is 0.256 e. The van der Waals surface area contributed by atoms with E-state index in [1.165, 1.54) is 0 Å². The zero-order valence-electron chi connectivity index (χ0n) is 11.6. The molecule has 0 atom stereocenters. The Balaban J connectivity index is 1.90. The standard InChI is InChI=1S/C17H15N3O/c1-11-4-5-13(18)10-15(11)17(21)20-14-6-7-16-12(9-14)3-2-8-19-16/h2-10H,18H2,1H3,(H,20,21). The third kappa shape index (κ3) is 2.69. The molecule has 4 nitrogen and oxygen atoms in total. The molecule has 3 aromatic rings. The Hall–Kier alpha value is -2.88. The van der Waals surface area contributed by atoms with Crippen molar-refractivity contribution in [1.82, 2.24) is 4.98 Å². The normalized spacial score (nSPS) is 10.5. The molecule has 0 radical (unpaired) electrons. The average molecular weight is 277 g/mol. The van der Waals surface area contributed by atoms with Gasteiger partial charge >= 0.3 is 0 Å². The van der Waals surface area contributed by atoms with E-state index in [1.807, 2.05) is 43.3 Å². The van der Waals surface area contributed by atoms with Gasteiger partial charge in [0, 0.05) is 28.5 Å². The maximum Gasteiger partial charge on any atom is 0.256 e. The number of fused-ring (bicyclic) bond motifs is 1. The van der Waals surface area contributed by atoms with E-state index in [0.717, 1.165) is 22.2 Å². The van der Waals surface area contributed by atoms with E-state index in [2.05, 4.69) is 10.3 Å². The summed E-state index contributed by atoms with van der Waals surface area (Å²) in [4.78, 5) is 16.6. The van der Waals surface area contributed by atoms with Gasteiger partial charge in [-0.2, -0.15) is 0 Å². The summed E-state index contributed by atoms with van der Waals surface area (Å²) in [5.41, 5.74) is 9.44. The zero-order chi connectivity index (χ0) is 14.8. The summed E-state index contributed by atoms with van der Waals surface area (Å²) < 4.78 is 0. The van der Waals surface area contributed by atoms with Crippen LogP contribution in [0.2, 0.25) is 0 Å². The number of amides is 1. The van der Waals surface area contributed by atoms with Crippen LogP contribution < -0.4 is 11.1 Å². The highest BCUT2D eigenvalue weighted by molar-refractivity contribution is 6.06. The Morgan fingerprint density at radius 3 is 2.86 bits per heavy atom. The quantitative estimate of drug-likeness (QED) is 0.706. The largest absolute Gasteiger partial charge is 0.399 e. The van der Waals surface area contributed by atoms with Crippen LogP contribution in [0, 0.1) is 6.92 Å². The minimum absolute atomic E-state index is 0.164. The third-order valence-electron chi connectivity index (χ3n) is 3.37. The van der Waals surface area contributed by atoms with Crippen molar-refractivity contribution < 1.29 is 4.79 Å². The molecule has 104 valence electrons. The maximum absolute atomic E-state index is 12.3. The minimum atomic E-state index is -0.164. The molecule has 3 N–H and O–H groups in total. The molecule has 1 aromatic heterocycles. The van der Waals surface area contributed by atoms with Gasteiger partial charge in [0.15, 0.2) is 0 Å². The Kier molecular flexibility index (Phi) is 3.28. The van der Waals surface area contributed by atoms with E-state index >= 15 is 0 Å². The minimum Gasteiger partial charge on any atom is -0.399 e. The highest BCUT2D eigenvalue weighted by Crippen LogP contribution is 2.19. The van der Waals surface area contributed by atoms with Gasteiger partial charge in [-0.15, -0.1) is 0 Å². The van der Waals surface area contributed by atoms with Crippen molar-refractivity contribution in [2.24, 2.45) is 0 Å². The predicted molar refractivity (Wildman–Crippen MR) is 85.3 cm³/mol. The second kappa shape index (κ2) is 5.25. The van der Waals surface area contributed by atoms with Gasteiger partial charge in [-0.1, -0.05) is 12.1 Å². The molecule has 0 bridgehead atoms. The number of carbonyl (C=O) groups excluding carboxylic acids is 1. The average Bonchev–Trinajstić information content (AvgIpc) is 2.49. The van der Waals surface area contributed by atoms with Gasteiger partial charge in [0.05, 0.1) is 5.52 Å². The van der Waals surface area contributed by atoms with Crippen LogP contribution in [0.1, 0.15) is 15.9 Å². The number of anilines is 2. The predicted octanol–water partition coefficient (Wildman–Crippen LogP) is 3.38. The summed E-state index contributed by atoms with van der Waals surface area (Å²) >= 11 is 0. The first-order valence-electron chi connectivity index (χ1n) is 6.66. The van der Waals surface area contributed by atoms with E-state index in [0.29, 0.717) is 11.3 Å². The lowest BCUT2D eigenvalue weighted by Gasteiger charge is -2.09. The Bertz CT molecular complexity index is 827. The molecule has 21 heavy (non-hydrogen) atoms. The van der Waals surface area contributed by atoms with Crippen LogP contribution in [0.15, 0.2) is 54.7 Å². The van der Waals surface area contributed by atoms with Gasteiger partial charge in [-0.25, -0.2) is 0 Å². The molecule has 3 rings (SSSR count). The molecule has 0 aliphatic carbocycles. The Morgan fingerprint density at radius 2 is 2.00 bits per heavy atom. The number of pyridine rings is 1. The highest BCUT2D eigenvalue weighted by atomic mass is 16.1. The summed E-state index contributed by atoms with van der Waals surface area (Å²) in [7, 11) is 0. The number of nitrogens with two attached hydrogens (primary N) is 1. The van der Waals surface area contributed by atoms with Crippen LogP contribution in [0.25, 0.3) is 10.9 Å². The van der Waals surface area contributed by atoms with Crippen molar-refractivity contribution in [3.63, 3.8) is 0 Å². The number of nitrogens with zero attached hydrogens (tertiary/aromatic N) is 1. The Labute approximate surface area is 122 Å². The monoisotopic (exact) mass is 277 g/mol. The molecule has 0 saturated carbocycles. The molecule has 2 aromatic carbocycles. The zero-order valence-corrected chi connectivity index (χ0v) is 11.6. The van der Waals surface area contributed by atoms with E-state index in [1.54, 1.807) is 18.3 Å². The first-order valence-corrected chi connectivity index (χ1v) is 6.66. The van der Waals surface area contributed by atoms with Crippen molar-refractivity contribution in [2.45, 2.75) is 6.92 Å². The SMILES string of the molecule is Cc1ccc(N)cc1C(=O)Nc1ccc2ncccc2c1. The summed E-state index contributed by atoms with van der Waals surface area (Å²) in [6, 6.07) is 14.8. The first kappa shape index (κ1) is 13.1. The van der Waals surface area contributed by atoms with Gasteiger partial charge in [0.2, 0.25) is 0 Å². The fraction of sp³-hybridized carbons (Fsp3) is 0.0588. The van der Waals surface area contributed by atoms with Gasteiger partial charge in [0.1, 0.15) is 0 Å². The van der Waals surface area contributed by atoms with Crippen molar-refractivity contribution >= 4 is 28.2 Å².